The van der Waals surface area contributed by atoms with Gasteiger partial charge in [-0.3, -0.25) is 10.1 Å². The van der Waals surface area contributed by atoms with Gasteiger partial charge in [-0.2, -0.15) is 13.2 Å². The van der Waals surface area contributed by atoms with E-state index in [-0.39, 0.29) is 30.2 Å². The molecule has 0 fully saturated rings. The van der Waals surface area contributed by atoms with E-state index >= 15 is 0 Å². The summed E-state index contributed by atoms with van der Waals surface area (Å²) in [7, 11) is 0. The first-order chi connectivity index (χ1) is 12.1. The van der Waals surface area contributed by atoms with Crippen LogP contribution in [0.2, 0.25) is 0 Å². The number of benzene rings is 1. The van der Waals surface area contributed by atoms with Gasteiger partial charge in [0.2, 0.25) is 0 Å². The monoisotopic (exact) mass is 374 g/mol. The van der Waals surface area contributed by atoms with Gasteiger partial charge in [0.25, 0.3) is 11.9 Å². The Hall–Kier alpha value is -2.09. The molecule has 0 radical (unpaired) electrons. The summed E-state index contributed by atoms with van der Waals surface area (Å²) in [5.41, 5.74) is -0.736. The fourth-order valence-corrected chi connectivity index (χ4v) is 1.76. The van der Waals surface area contributed by atoms with Gasteiger partial charge in [-0.15, -0.1) is 0 Å². The molecule has 1 rings (SSSR count). The van der Waals surface area contributed by atoms with Gasteiger partial charge >= 0.3 is 6.18 Å². The van der Waals surface area contributed by atoms with Crippen molar-refractivity contribution in [2.75, 3.05) is 19.8 Å². The van der Waals surface area contributed by atoms with Gasteiger partial charge in [0, 0.05) is 12.2 Å². The molecule has 0 aliphatic carbocycles. The van der Waals surface area contributed by atoms with Crippen LogP contribution in [0.5, 0.6) is 0 Å². The number of ether oxygens (including phenoxy) is 2. The van der Waals surface area contributed by atoms with Crippen molar-refractivity contribution in [2.24, 2.45) is 10.9 Å². The summed E-state index contributed by atoms with van der Waals surface area (Å²) in [4.78, 5) is 16.6. The van der Waals surface area contributed by atoms with E-state index in [1.165, 1.54) is 0 Å². The van der Waals surface area contributed by atoms with Crippen LogP contribution in [-0.2, 0) is 15.7 Å². The van der Waals surface area contributed by atoms with Crippen molar-refractivity contribution in [3.63, 3.8) is 0 Å². The highest BCUT2D eigenvalue weighted by molar-refractivity contribution is 6.04. The van der Waals surface area contributed by atoms with E-state index in [4.69, 9.17) is 9.47 Å². The fraction of sp³-hybridized carbons (Fsp3) is 0.556. The van der Waals surface area contributed by atoms with E-state index in [1.54, 1.807) is 0 Å². The van der Waals surface area contributed by atoms with Gasteiger partial charge in [0.1, 0.15) is 6.61 Å². The summed E-state index contributed by atoms with van der Waals surface area (Å²) >= 11 is 0. The van der Waals surface area contributed by atoms with Crippen molar-refractivity contribution in [3.05, 3.63) is 35.4 Å². The zero-order chi connectivity index (χ0) is 19.7. The van der Waals surface area contributed by atoms with Crippen LogP contribution in [0.1, 0.15) is 43.6 Å². The quantitative estimate of drug-likeness (QED) is 0.447. The number of nitrogens with zero attached hydrogens (tertiary/aromatic N) is 1. The number of nitrogens with one attached hydrogen (secondary N) is 1. The zero-order valence-electron chi connectivity index (χ0n) is 15.4. The fourth-order valence-electron chi connectivity index (χ4n) is 1.76. The molecule has 1 aromatic rings. The third kappa shape index (κ3) is 7.43. The average molecular weight is 374 g/mol. The molecule has 0 heterocycles. The average Bonchev–Trinajstić information content (AvgIpc) is 2.57. The lowest BCUT2D eigenvalue weighted by Crippen LogP contribution is -2.34. The molecule has 0 aromatic heterocycles. The number of carbonyl (C=O) groups excluding carboxylic acids is 1. The van der Waals surface area contributed by atoms with Gasteiger partial charge in [-0.1, -0.05) is 13.8 Å². The minimum Gasteiger partial charge on any atom is -0.463 e. The van der Waals surface area contributed by atoms with Gasteiger partial charge in [0.15, 0.2) is 0 Å². The smallest absolute Gasteiger partial charge is 0.416 e. The molecule has 0 aliphatic rings. The van der Waals surface area contributed by atoms with Crippen molar-refractivity contribution in [1.29, 1.82) is 0 Å². The van der Waals surface area contributed by atoms with Gasteiger partial charge in [-0.05, 0) is 44.0 Å². The Labute approximate surface area is 151 Å². The number of amidine groups is 1. The molecule has 5 nitrogen and oxygen atoms in total. The number of amides is 1. The minimum atomic E-state index is -4.45. The van der Waals surface area contributed by atoms with Crippen molar-refractivity contribution in [3.8, 4) is 0 Å². The van der Waals surface area contributed by atoms with Crippen LogP contribution in [0.4, 0.5) is 13.2 Å². The SMILES string of the molecule is CCOCCOC(=N[C@H](C)C(C)C)NC(=O)c1ccc(C(F)(F)F)cc1. The number of hydrogen-bond acceptors (Lipinski definition) is 4. The van der Waals surface area contributed by atoms with E-state index < -0.39 is 17.6 Å². The number of carbonyl (C=O) groups is 1. The third-order valence-corrected chi connectivity index (χ3v) is 3.65. The number of alkyl halides is 3. The predicted molar refractivity (Wildman–Crippen MR) is 93.1 cm³/mol. The number of aliphatic imine (C=N–C) groups is 1. The third-order valence-electron chi connectivity index (χ3n) is 3.65. The summed E-state index contributed by atoms with van der Waals surface area (Å²) in [6, 6.07) is 3.86. The molecule has 0 spiro atoms. The zero-order valence-corrected chi connectivity index (χ0v) is 15.4. The Morgan fingerprint density at radius 1 is 1.15 bits per heavy atom. The van der Waals surface area contributed by atoms with E-state index in [1.807, 2.05) is 27.7 Å². The molecule has 0 saturated heterocycles. The molecule has 146 valence electrons. The number of hydrogen-bond donors (Lipinski definition) is 1. The van der Waals surface area contributed by atoms with E-state index in [2.05, 4.69) is 10.3 Å². The number of halogens is 3. The van der Waals surface area contributed by atoms with E-state index in [0.717, 1.165) is 24.3 Å². The maximum absolute atomic E-state index is 12.6. The Morgan fingerprint density at radius 2 is 1.77 bits per heavy atom. The van der Waals surface area contributed by atoms with Crippen LogP contribution in [0, 0.1) is 5.92 Å². The Balaban J connectivity index is 2.83. The van der Waals surface area contributed by atoms with E-state index in [0.29, 0.717) is 13.2 Å². The van der Waals surface area contributed by atoms with Crippen molar-refractivity contribution < 1.29 is 27.4 Å². The summed E-state index contributed by atoms with van der Waals surface area (Å²) < 4.78 is 48.4. The topological polar surface area (TPSA) is 59.9 Å². The second-order valence-electron chi connectivity index (χ2n) is 5.99. The van der Waals surface area contributed by atoms with Crippen LogP contribution < -0.4 is 5.32 Å². The van der Waals surface area contributed by atoms with Crippen LogP contribution in [0.15, 0.2) is 29.3 Å². The first-order valence-corrected chi connectivity index (χ1v) is 8.42. The lowest BCUT2D eigenvalue weighted by Gasteiger charge is -2.15. The lowest BCUT2D eigenvalue weighted by atomic mass is 10.1. The second-order valence-corrected chi connectivity index (χ2v) is 5.99. The Morgan fingerprint density at radius 3 is 2.27 bits per heavy atom. The Bertz CT molecular complexity index is 599. The first-order valence-electron chi connectivity index (χ1n) is 8.42. The molecule has 0 saturated carbocycles. The van der Waals surface area contributed by atoms with Crippen molar-refractivity contribution >= 4 is 11.9 Å². The van der Waals surface area contributed by atoms with Crippen LogP contribution in [-0.4, -0.2) is 37.8 Å². The van der Waals surface area contributed by atoms with Crippen LogP contribution in [0.25, 0.3) is 0 Å². The molecule has 1 aromatic carbocycles. The largest absolute Gasteiger partial charge is 0.463 e. The van der Waals surface area contributed by atoms with E-state index in [9.17, 15) is 18.0 Å². The van der Waals surface area contributed by atoms with Gasteiger partial charge in [-0.25, -0.2) is 4.99 Å². The van der Waals surface area contributed by atoms with Crippen LogP contribution >= 0.6 is 0 Å². The Kier molecular flexibility index (Phi) is 8.57. The molecular formula is C18H25F3N2O3. The second kappa shape index (κ2) is 10.2. The normalized spacial score (nSPS) is 13.6. The van der Waals surface area contributed by atoms with Crippen molar-refractivity contribution in [2.45, 2.75) is 39.9 Å². The summed E-state index contributed by atoms with van der Waals surface area (Å²) in [5.74, 6) is -0.367. The minimum absolute atomic E-state index is 0.0239. The highest BCUT2D eigenvalue weighted by atomic mass is 19.4. The van der Waals surface area contributed by atoms with Gasteiger partial charge < -0.3 is 9.47 Å². The van der Waals surface area contributed by atoms with Gasteiger partial charge in [0.05, 0.1) is 18.2 Å². The molecule has 1 amide bonds. The summed E-state index contributed by atoms with van der Waals surface area (Å²) in [6.45, 7) is 8.75. The molecular weight excluding hydrogens is 349 g/mol. The summed E-state index contributed by atoms with van der Waals surface area (Å²) in [6.07, 6.45) is -4.45. The maximum atomic E-state index is 12.6. The molecule has 0 aliphatic heterocycles. The molecule has 0 unspecified atom stereocenters. The van der Waals surface area contributed by atoms with Crippen molar-refractivity contribution in [1.82, 2.24) is 5.32 Å². The lowest BCUT2D eigenvalue weighted by molar-refractivity contribution is -0.137. The predicted octanol–water partition coefficient (Wildman–Crippen LogP) is 3.89. The molecule has 1 N–H and O–H groups in total. The highest BCUT2D eigenvalue weighted by Crippen LogP contribution is 2.29. The molecule has 1 atom stereocenters. The first kappa shape index (κ1) is 22.0. The summed E-state index contributed by atoms with van der Waals surface area (Å²) in [5, 5.41) is 2.51. The molecule has 26 heavy (non-hydrogen) atoms. The number of rotatable bonds is 7. The highest BCUT2D eigenvalue weighted by Gasteiger charge is 2.30. The molecule has 8 heteroatoms. The van der Waals surface area contributed by atoms with Crippen LogP contribution in [0.3, 0.4) is 0 Å². The molecule has 0 bridgehead atoms. The standard InChI is InChI=1S/C18H25F3N2O3/c1-5-25-10-11-26-17(22-13(4)12(2)3)23-16(24)14-6-8-15(9-7-14)18(19,20)21/h6-9,12-13H,5,10-11H2,1-4H3,(H,22,23,24)/t13-/m1/s1. The maximum Gasteiger partial charge on any atom is 0.416 e.